The number of phenols is 4. The van der Waals surface area contributed by atoms with Crippen molar-refractivity contribution in [2.24, 2.45) is 0 Å². The van der Waals surface area contributed by atoms with Gasteiger partial charge in [0.1, 0.15) is 41.3 Å². The Balaban J connectivity index is 1.49. The molecular formula is C35H28O11. The lowest BCUT2D eigenvalue weighted by molar-refractivity contribution is -0.190. The quantitative estimate of drug-likeness (QED) is 0.152. The minimum absolute atomic E-state index is 0.0278. The summed E-state index contributed by atoms with van der Waals surface area (Å²) in [4.78, 5) is 41.6. The number of hydrogen-bond donors (Lipinski definition) is 7. The van der Waals surface area contributed by atoms with Crippen LogP contribution in [0.1, 0.15) is 75.9 Å². The van der Waals surface area contributed by atoms with Crippen molar-refractivity contribution in [2.45, 2.75) is 44.2 Å². The molecule has 234 valence electrons. The van der Waals surface area contributed by atoms with Crippen LogP contribution in [0.3, 0.4) is 0 Å². The lowest BCUT2D eigenvalue weighted by atomic mass is 9.70. The number of carbonyl (C=O) groups excluding carboxylic acids is 3. The monoisotopic (exact) mass is 624 g/mol. The fraction of sp³-hybridized carbons (Fsp3) is 0.229. The van der Waals surface area contributed by atoms with Crippen molar-refractivity contribution in [1.82, 2.24) is 0 Å². The first kappa shape index (κ1) is 29.6. The number of ketones is 3. The van der Waals surface area contributed by atoms with Gasteiger partial charge in [-0.15, -0.1) is 0 Å². The Hall–Kier alpha value is -5.07. The lowest BCUT2D eigenvalue weighted by Crippen LogP contribution is -2.55. The molecule has 0 aromatic heterocycles. The number of aliphatic hydroxyl groups is 3. The summed E-state index contributed by atoms with van der Waals surface area (Å²) in [6.07, 6.45) is -5.76. The maximum atomic E-state index is 14.1. The molecule has 46 heavy (non-hydrogen) atoms. The summed E-state index contributed by atoms with van der Waals surface area (Å²) in [6.45, 7) is 2.92. The number of ether oxygens (including phenoxy) is 1. The van der Waals surface area contributed by atoms with Crippen LogP contribution in [0.5, 0.6) is 23.0 Å². The Bertz CT molecular complexity index is 2050. The summed E-state index contributed by atoms with van der Waals surface area (Å²) in [6, 6.07) is 11.2. The summed E-state index contributed by atoms with van der Waals surface area (Å²) in [5.41, 5.74) is 0.00736. The molecule has 0 saturated carbocycles. The largest absolute Gasteiger partial charge is 0.507 e. The molecule has 1 saturated heterocycles. The van der Waals surface area contributed by atoms with Crippen molar-refractivity contribution >= 4 is 17.3 Å². The van der Waals surface area contributed by atoms with Gasteiger partial charge in [-0.2, -0.15) is 0 Å². The summed E-state index contributed by atoms with van der Waals surface area (Å²) >= 11 is 0. The fourth-order valence-corrected chi connectivity index (χ4v) is 7.19. The molecule has 0 radical (unpaired) electrons. The molecule has 1 unspecified atom stereocenters. The minimum atomic E-state index is -1.61. The number of carbonyl (C=O) groups is 3. The molecular weight excluding hydrogens is 596 g/mol. The number of fused-ring (bicyclic) bond motifs is 4. The molecule has 2 aliphatic carbocycles. The van der Waals surface area contributed by atoms with Crippen LogP contribution in [0.25, 0.3) is 11.1 Å². The second kappa shape index (κ2) is 10.2. The van der Waals surface area contributed by atoms with Crippen LogP contribution < -0.4 is 0 Å². The van der Waals surface area contributed by atoms with E-state index in [1.807, 2.05) is 0 Å². The van der Waals surface area contributed by atoms with Crippen molar-refractivity contribution in [3.63, 3.8) is 0 Å². The number of hydrogen-bond acceptors (Lipinski definition) is 11. The maximum absolute atomic E-state index is 14.1. The molecule has 11 nitrogen and oxygen atoms in total. The average Bonchev–Trinajstić information content (AvgIpc) is 2.99. The van der Waals surface area contributed by atoms with Gasteiger partial charge in [-0.25, -0.2) is 0 Å². The van der Waals surface area contributed by atoms with E-state index in [0.29, 0.717) is 5.56 Å². The average molecular weight is 625 g/mol. The van der Waals surface area contributed by atoms with E-state index in [0.717, 1.165) is 0 Å². The van der Waals surface area contributed by atoms with Gasteiger partial charge in [-0.05, 0) is 54.3 Å². The Kier molecular flexibility index (Phi) is 6.59. The molecule has 1 heterocycles. The molecule has 7 N–H and O–H groups in total. The molecule has 4 aromatic rings. The number of rotatable bonds is 2. The topological polar surface area (TPSA) is 202 Å². The Labute approximate surface area is 261 Å². The third-order valence-electron chi connectivity index (χ3n) is 9.24. The molecule has 5 atom stereocenters. The molecule has 1 fully saturated rings. The first-order valence-electron chi connectivity index (χ1n) is 14.5. The number of aromatic hydroxyl groups is 4. The summed E-state index contributed by atoms with van der Waals surface area (Å²) in [5.74, 6) is -5.17. The number of phenolic OH excluding ortho intramolecular Hbond substituents is 4. The fourth-order valence-electron chi connectivity index (χ4n) is 7.19. The van der Waals surface area contributed by atoms with E-state index in [1.54, 1.807) is 19.9 Å². The van der Waals surface area contributed by atoms with Gasteiger partial charge in [-0.3, -0.25) is 14.4 Å². The Morgan fingerprint density at radius 3 is 2.07 bits per heavy atom. The molecule has 0 bridgehead atoms. The van der Waals surface area contributed by atoms with E-state index in [9.17, 15) is 50.1 Å². The third kappa shape index (κ3) is 3.96. The van der Waals surface area contributed by atoms with Gasteiger partial charge in [-0.1, -0.05) is 30.3 Å². The van der Waals surface area contributed by atoms with Crippen molar-refractivity contribution in [3.05, 3.63) is 104 Å². The van der Waals surface area contributed by atoms with Crippen molar-refractivity contribution < 1.29 is 54.9 Å². The van der Waals surface area contributed by atoms with Crippen molar-refractivity contribution in [1.29, 1.82) is 0 Å². The smallest absolute Gasteiger partial charge is 0.201 e. The zero-order valence-electron chi connectivity index (χ0n) is 24.5. The van der Waals surface area contributed by atoms with E-state index in [1.165, 1.54) is 42.5 Å². The molecule has 7 rings (SSSR count). The van der Waals surface area contributed by atoms with Crippen LogP contribution in [-0.2, 0) is 4.74 Å². The highest BCUT2D eigenvalue weighted by Gasteiger charge is 2.48. The standard InChI is InChI=1S/C35H28O11/c1-12-8-17-23(35-34(45)31(42)21(39)11-46-35)14-6-7-16(29(40)26(14)32(43)25(17)19(37)9-12)22-13(2)10-20(38)27-28(22)30(41)15-4-3-5-18(36)24(15)33(27)44/h3-10,21,23,31,34-40,42,45H,11H2,1-2H3/t21-,23?,31-,34+,35-/m1/s1. The summed E-state index contributed by atoms with van der Waals surface area (Å²) in [7, 11) is 0. The molecule has 11 heteroatoms. The Morgan fingerprint density at radius 1 is 0.630 bits per heavy atom. The normalized spacial score (nSPS) is 23.4. The van der Waals surface area contributed by atoms with Gasteiger partial charge in [0.15, 0.2) is 5.78 Å². The predicted octanol–water partition coefficient (Wildman–Crippen LogP) is 2.73. The van der Waals surface area contributed by atoms with Crippen molar-refractivity contribution in [3.8, 4) is 34.1 Å². The SMILES string of the molecule is Cc1cc(O)c2c(c1)C([C@H]1OC[C@@H](O)[C@@H](O)[C@@H]1O)c1ccc(-c3c(C)cc(O)c4c3C(=O)c3cccc(O)c3C4=O)c(O)c1C2=O. The van der Waals surface area contributed by atoms with Gasteiger partial charge in [0.2, 0.25) is 11.6 Å². The van der Waals surface area contributed by atoms with E-state index in [4.69, 9.17) is 4.74 Å². The maximum Gasteiger partial charge on any atom is 0.201 e. The zero-order valence-corrected chi connectivity index (χ0v) is 24.5. The van der Waals surface area contributed by atoms with E-state index >= 15 is 0 Å². The van der Waals surface area contributed by atoms with Crippen LogP contribution in [-0.4, -0.2) is 84.1 Å². The first-order chi connectivity index (χ1) is 21.8. The highest BCUT2D eigenvalue weighted by molar-refractivity contribution is 6.32. The van der Waals surface area contributed by atoms with Crippen molar-refractivity contribution in [2.75, 3.05) is 6.61 Å². The van der Waals surface area contributed by atoms with Gasteiger partial charge in [0, 0.05) is 28.2 Å². The lowest BCUT2D eigenvalue weighted by Gasteiger charge is -2.42. The van der Waals surface area contributed by atoms with E-state index in [-0.39, 0.29) is 73.6 Å². The second-order valence-electron chi connectivity index (χ2n) is 12.0. The minimum Gasteiger partial charge on any atom is -0.507 e. The number of benzene rings is 4. The summed E-state index contributed by atoms with van der Waals surface area (Å²) < 4.78 is 5.81. The molecule has 1 aliphatic heterocycles. The van der Waals surface area contributed by atoms with Gasteiger partial charge in [0.25, 0.3) is 0 Å². The first-order valence-corrected chi connectivity index (χ1v) is 14.5. The molecule has 0 spiro atoms. The van der Waals surface area contributed by atoms with Crippen LogP contribution >= 0.6 is 0 Å². The second-order valence-corrected chi connectivity index (χ2v) is 12.0. The predicted molar refractivity (Wildman–Crippen MR) is 161 cm³/mol. The number of aryl methyl sites for hydroxylation is 2. The highest BCUT2D eigenvalue weighted by Crippen LogP contribution is 2.51. The van der Waals surface area contributed by atoms with Gasteiger partial charge >= 0.3 is 0 Å². The highest BCUT2D eigenvalue weighted by atomic mass is 16.5. The van der Waals surface area contributed by atoms with Crippen LogP contribution in [0.2, 0.25) is 0 Å². The Morgan fingerprint density at radius 2 is 1.33 bits per heavy atom. The van der Waals surface area contributed by atoms with Gasteiger partial charge < -0.3 is 40.5 Å². The molecule has 4 aromatic carbocycles. The molecule has 3 aliphatic rings. The van der Waals surface area contributed by atoms with E-state index < -0.39 is 64.9 Å². The van der Waals surface area contributed by atoms with Gasteiger partial charge in [0.05, 0.1) is 35.0 Å². The van der Waals surface area contributed by atoms with Crippen LogP contribution in [0, 0.1) is 13.8 Å². The third-order valence-corrected chi connectivity index (χ3v) is 9.24. The zero-order chi connectivity index (χ0) is 32.9. The van der Waals surface area contributed by atoms with E-state index in [2.05, 4.69) is 0 Å². The summed E-state index contributed by atoms with van der Waals surface area (Å²) in [5, 5.41) is 75.7. The number of aliphatic hydroxyl groups excluding tert-OH is 3. The van der Waals surface area contributed by atoms with Crippen LogP contribution in [0.15, 0.2) is 48.5 Å². The van der Waals surface area contributed by atoms with Crippen LogP contribution in [0.4, 0.5) is 0 Å². The molecule has 0 amide bonds.